The van der Waals surface area contributed by atoms with E-state index in [9.17, 15) is 24.5 Å². The van der Waals surface area contributed by atoms with Crippen LogP contribution in [0.2, 0.25) is 0 Å². The third-order valence-corrected chi connectivity index (χ3v) is 8.41. The molecule has 0 fully saturated rings. The van der Waals surface area contributed by atoms with Gasteiger partial charge in [-0.1, -0.05) is 66.7 Å². The highest BCUT2D eigenvalue weighted by atomic mass is 16.6. The number of allylic oxidation sites excluding steroid dienone is 1. The van der Waals surface area contributed by atoms with Gasteiger partial charge in [0.25, 0.3) is 11.6 Å². The zero-order valence-corrected chi connectivity index (χ0v) is 28.9. The summed E-state index contributed by atoms with van der Waals surface area (Å²) in [7, 11) is 2.68. The highest BCUT2D eigenvalue weighted by Crippen LogP contribution is 2.37. The molecule has 3 amide bonds. The smallest absolute Gasteiger partial charge is 0.337 e. The second-order valence-electron chi connectivity index (χ2n) is 11.7. The third-order valence-electron chi connectivity index (χ3n) is 8.41. The summed E-state index contributed by atoms with van der Waals surface area (Å²) >= 11 is 0. The second kappa shape index (κ2) is 15.8. The van der Waals surface area contributed by atoms with E-state index in [4.69, 9.17) is 14.2 Å². The molecule has 4 aromatic carbocycles. The monoisotopic (exact) mass is 714 g/mol. The first kappa shape index (κ1) is 35.6. The molecule has 1 atom stereocenters. The summed E-state index contributed by atoms with van der Waals surface area (Å²) in [5.74, 6) is -0.646. The predicted octanol–water partition coefficient (Wildman–Crippen LogP) is 6.06. The zero-order valence-electron chi connectivity index (χ0n) is 28.9. The number of rotatable bonds is 12. The molecule has 0 bridgehead atoms. The lowest BCUT2D eigenvalue weighted by molar-refractivity contribution is -0.384. The van der Waals surface area contributed by atoms with Crippen LogP contribution in [-0.2, 0) is 14.3 Å². The number of methoxy groups -OCH3 is 2. The number of benzene rings is 4. The quantitative estimate of drug-likeness (QED) is 0.0605. The molecule has 3 N–H and O–H groups in total. The maximum atomic E-state index is 12.9. The topological polar surface area (TPSA) is 175 Å². The molecule has 2 heterocycles. The van der Waals surface area contributed by atoms with Crippen molar-refractivity contribution in [1.82, 2.24) is 20.6 Å². The van der Waals surface area contributed by atoms with Crippen LogP contribution in [0, 0.1) is 10.1 Å². The van der Waals surface area contributed by atoms with Crippen LogP contribution in [0.1, 0.15) is 24.1 Å². The summed E-state index contributed by atoms with van der Waals surface area (Å²) in [6, 6.07) is 31.0. The lowest BCUT2D eigenvalue weighted by atomic mass is 9.95. The lowest BCUT2D eigenvalue weighted by Crippen LogP contribution is -2.45. The van der Waals surface area contributed by atoms with E-state index in [1.54, 1.807) is 37.3 Å². The Morgan fingerprint density at radius 2 is 1.60 bits per heavy atom. The number of ether oxygens (including phenoxy) is 3. The molecule has 268 valence electrons. The summed E-state index contributed by atoms with van der Waals surface area (Å²) in [5, 5.41) is 20.9. The van der Waals surface area contributed by atoms with Crippen LogP contribution in [0.3, 0.4) is 0 Å². The molecule has 1 aliphatic rings. The molecular formula is C39H34N6O8. The molecule has 0 aliphatic carbocycles. The SMILES string of the molecule is COC(=O)C1=C(C)NC(=O)N[C@H]1c1ccc(OCC(=O)N/N=C\c2cc(-c3ccccc3)n(-c3ccc([N+](=O)[O-])cc3)c2-c2ccccc2)c(OC)c1. The van der Waals surface area contributed by atoms with Gasteiger partial charge in [0.2, 0.25) is 0 Å². The molecule has 5 aromatic rings. The molecule has 14 nitrogen and oxygen atoms in total. The molecule has 14 heteroatoms. The number of esters is 1. The van der Waals surface area contributed by atoms with Crippen LogP contribution in [0.5, 0.6) is 11.5 Å². The van der Waals surface area contributed by atoms with Crippen molar-refractivity contribution in [3.63, 3.8) is 0 Å². The Bertz CT molecular complexity index is 2230. The molecule has 1 aromatic heterocycles. The fourth-order valence-corrected chi connectivity index (χ4v) is 5.99. The van der Waals surface area contributed by atoms with Crippen molar-refractivity contribution >= 4 is 29.8 Å². The van der Waals surface area contributed by atoms with Gasteiger partial charge >= 0.3 is 12.0 Å². The van der Waals surface area contributed by atoms with Crippen molar-refractivity contribution in [2.24, 2.45) is 5.10 Å². The van der Waals surface area contributed by atoms with Gasteiger partial charge < -0.3 is 29.4 Å². The van der Waals surface area contributed by atoms with Gasteiger partial charge in [0.05, 0.1) is 48.4 Å². The van der Waals surface area contributed by atoms with Gasteiger partial charge in [-0.2, -0.15) is 5.10 Å². The van der Waals surface area contributed by atoms with Crippen LogP contribution >= 0.6 is 0 Å². The van der Waals surface area contributed by atoms with E-state index in [-0.39, 0.29) is 22.8 Å². The van der Waals surface area contributed by atoms with Crippen LogP contribution in [0.15, 0.2) is 126 Å². The minimum Gasteiger partial charge on any atom is -0.493 e. The van der Waals surface area contributed by atoms with Gasteiger partial charge in [-0.15, -0.1) is 0 Å². The summed E-state index contributed by atoms with van der Waals surface area (Å²) in [5.41, 5.74) is 8.28. The van der Waals surface area contributed by atoms with Crippen LogP contribution in [-0.4, -0.2) is 54.4 Å². The van der Waals surface area contributed by atoms with Gasteiger partial charge in [0.1, 0.15) is 0 Å². The number of hydrogen-bond donors (Lipinski definition) is 3. The molecule has 0 spiro atoms. The van der Waals surface area contributed by atoms with E-state index in [1.807, 2.05) is 71.3 Å². The molecular weight excluding hydrogens is 680 g/mol. The van der Waals surface area contributed by atoms with Gasteiger partial charge in [0.15, 0.2) is 18.1 Å². The first-order valence-corrected chi connectivity index (χ1v) is 16.3. The van der Waals surface area contributed by atoms with Crippen molar-refractivity contribution in [2.75, 3.05) is 20.8 Å². The van der Waals surface area contributed by atoms with Crippen molar-refractivity contribution in [1.29, 1.82) is 0 Å². The van der Waals surface area contributed by atoms with Crippen molar-refractivity contribution in [2.45, 2.75) is 13.0 Å². The fourth-order valence-electron chi connectivity index (χ4n) is 5.99. The number of amides is 3. The van der Waals surface area contributed by atoms with Gasteiger partial charge in [-0.3, -0.25) is 14.9 Å². The molecule has 6 rings (SSSR count). The molecule has 0 unspecified atom stereocenters. The van der Waals surface area contributed by atoms with E-state index < -0.39 is 35.5 Å². The maximum Gasteiger partial charge on any atom is 0.337 e. The van der Waals surface area contributed by atoms with Crippen molar-refractivity contribution < 1.29 is 33.5 Å². The Morgan fingerprint density at radius 3 is 2.25 bits per heavy atom. The van der Waals surface area contributed by atoms with Gasteiger partial charge in [-0.25, -0.2) is 15.0 Å². The summed E-state index contributed by atoms with van der Waals surface area (Å²) < 4.78 is 18.2. The minimum absolute atomic E-state index is 0.0288. The summed E-state index contributed by atoms with van der Waals surface area (Å²) in [4.78, 5) is 48.6. The zero-order chi connectivity index (χ0) is 37.5. The minimum atomic E-state index is -0.810. The molecule has 1 aliphatic heterocycles. The number of aromatic nitrogens is 1. The Balaban J connectivity index is 1.24. The average molecular weight is 715 g/mol. The number of nitrogens with zero attached hydrogens (tertiary/aromatic N) is 3. The Hall–Kier alpha value is -7.22. The van der Waals surface area contributed by atoms with Crippen LogP contribution in [0.25, 0.3) is 28.2 Å². The van der Waals surface area contributed by atoms with Crippen molar-refractivity contribution in [3.05, 3.63) is 142 Å². The molecule has 53 heavy (non-hydrogen) atoms. The van der Waals surface area contributed by atoms with Crippen LogP contribution in [0.4, 0.5) is 10.5 Å². The van der Waals surface area contributed by atoms with E-state index in [1.165, 1.54) is 32.6 Å². The maximum absolute atomic E-state index is 12.9. The number of nitro benzene ring substituents is 1. The number of hydrazone groups is 1. The van der Waals surface area contributed by atoms with E-state index in [0.717, 1.165) is 22.5 Å². The second-order valence-corrected chi connectivity index (χ2v) is 11.7. The predicted molar refractivity (Wildman–Crippen MR) is 197 cm³/mol. The van der Waals surface area contributed by atoms with Crippen molar-refractivity contribution in [3.8, 4) is 39.7 Å². The molecule has 0 radical (unpaired) electrons. The number of nitro groups is 1. The first-order valence-electron chi connectivity index (χ1n) is 16.3. The highest BCUT2D eigenvalue weighted by Gasteiger charge is 2.32. The number of carbonyl (C=O) groups is 3. The number of non-ortho nitro benzene ring substituents is 1. The molecule has 0 saturated carbocycles. The van der Waals surface area contributed by atoms with E-state index in [2.05, 4.69) is 21.2 Å². The number of urea groups is 1. The summed E-state index contributed by atoms with van der Waals surface area (Å²) in [6.07, 6.45) is 1.53. The number of carbonyl (C=O) groups excluding carboxylic acids is 3. The average Bonchev–Trinajstić information content (AvgIpc) is 3.56. The Morgan fingerprint density at radius 1 is 0.925 bits per heavy atom. The standard InChI is InChI=1S/C39H34N6O8/c1-24-35(38(47)52-3)36(42-39(48)41-24)27-14-19-32(33(21-27)51-2)53-23-34(46)43-40-22-28-20-31(25-10-6-4-7-11-25)44(37(28)26-12-8-5-9-13-26)29-15-17-30(18-16-29)45(49)50/h4-22,36H,23H2,1-3H3,(H,43,46)(H2,41,42,48)/b40-22-/t36-/m0/s1. The Kier molecular flexibility index (Phi) is 10.6. The van der Waals surface area contributed by atoms with E-state index >= 15 is 0 Å². The Labute approximate surface area is 303 Å². The first-order chi connectivity index (χ1) is 25.7. The number of nitrogens with one attached hydrogen (secondary N) is 3. The van der Waals surface area contributed by atoms with Gasteiger partial charge in [-0.05, 0) is 53.9 Å². The lowest BCUT2D eigenvalue weighted by Gasteiger charge is -2.28. The normalized spacial score (nSPS) is 13.9. The fraction of sp³-hybridized carbons (Fsp3) is 0.128. The highest BCUT2D eigenvalue weighted by molar-refractivity contribution is 5.95. The summed E-state index contributed by atoms with van der Waals surface area (Å²) in [6.45, 7) is 1.20. The van der Waals surface area contributed by atoms with Crippen LogP contribution < -0.4 is 25.5 Å². The van der Waals surface area contributed by atoms with E-state index in [0.29, 0.717) is 22.5 Å². The largest absolute Gasteiger partial charge is 0.493 e. The number of hydrogen-bond acceptors (Lipinski definition) is 9. The van der Waals surface area contributed by atoms with Gasteiger partial charge in [0, 0.05) is 29.1 Å². The molecule has 0 saturated heterocycles. The third kappa shape index (κ3) is 7.76.